The number of hydrogen-bond donors (Lipinski definition) is 2. The van der Waals surface area contributed by atoms with Gasteiger partial charge in [0.05, 0.1) is 13.2 Å². The Morgan fingerprint density at radius 3 is 2.62 bits per heavy atom. The molecule has 0 unspecified atom stereocenters. The smallest absolute Gasteiger partial charge is 0.274 e. The summed E-state index contributed by atoms with van der Waals surface area (Å²) in [5.74, 6) is 0.246. The highest BCUT2D eigenvalue weighted by Crippen LogP contribution is 2.29. The van der Waals surface area contributed by atoms with E-state index in [4.69, 9.17) is 4.74 Å². The molecule has 3 rings (SSSR count). The number of benzene rings is 1. The van der Waals surface area contributed by atoms with E-state index in [1.165, 1.54) is 0 Å². The molecule has 0 saturated carbocycles. The van der Waals surface area contributed by atoms with Crippen molar-refractivity contribution in [3.8, 4) is 0 Å². The quantitative estimate of drug-likeness (QED) is 0.780. The highest BCUT2D eigenvalue weighted by Gasteiger charge is 2.20. The number of aryl methyl sites for hydroxylation is 1. The molecule has 1 aromatic heterocycles. The average Bonchev–Trinajstić information content (AvgIpc) is 2.68. The van der Waals surface area contributed by atoms with Gasteiger partial charge in [0.2, 0.25) is 5.95 Å². The molecule has 1 aromatic carbocycles. The van der Waals surface area contributed by atoms with Gasteiger partial charge in [0.25, 0.3) is 5.91 Å². The molecule has 1 aliphatic heterocycles. The van der Waals surface area contributed by atoms with Crippen molar-refractivity contribution in [2.45, 2.75) is 33.1 Å². The first-order chi connectivity index (χ1) is 13.8. The number of carbonyl (C=O) groups is 1. The molecule has 0 atom stereocenters. The van der Waals surface area contributed by atoms with Gasteiger partial charge < -0.3 is 15.4 Å². The summed E-state index contributed by atoms with van der Waals surface area (Å²) in [6.07, 6.45) is 0. The Morgan fingerprint density at radius 1 is 1.17 bits per heavy atom. The van der Waals surface area contributed by atoms with Crippen LogP contribution in [0.25, 0.3) is 0 Å². The third kappa shape index (κ3) is 5.98. The molecular formula is C22H31N5O2. The van der Waals surface area contributed by atoms with Crippen molar-refractivity contribution in [1.82, 2.24) is 14.9 Å². The van der Waals surface area contributed by atoms with E-state index >= 15 is 0 Å². The van der Waals surface area contributed by atoms with E-state index in [9.17, 15) is 4.79 Å². The number of nitrogens with zero attached hydrogens (tertiary/aromatic N) is 3. The zero-order valence-corrected chi connectivity index (χ0v) is 17.8. The molecule has 2 N–H and O–H groups in total. The van der Waals surface area contributed by atoms with Gasteiger partial charge in [-0.2, -0.15) is 0 Å². The van der Waals surface area contributed by atoms with Gasteiger partial charge in [0.1, 0.15) is 5.69 Å². The molecule has 156 valence electrons. The SMILES string of the molecule is Cc1cc(C(=O)Nc2ccccc2C(C)(C)C)nc(NCCN2CCOCC2)n1. The number of nitrogens with one attached hydrogen (secondary N) is 2. The topological polar surface area (TPSA) is 79.4 Å². The zero-order chi connectivity index (χ0) is 20.9. The van der Waals surface area contributed by atoms with E-state index in [1.54, 1.807) is 6.07 Å². The zero-order valence-electron chi connectivity index (χ0n) is 17.8. The maximum absolute atomic E-state index is 12.9. The molecule has 1 saturated heterocycles. The Morgan fingerprint density at radius 2 is 1.90 bits per heavy atom. The first-order valence-corrected chi connectivity index (χ1v) is 10.1. The average molecular weight is 398 g/mol. The molecule has 2 heterocycles. The number of para-hydroxylation sites is 1. The van der Waals surface area contributed by atoms with Crippen molar-refractivity contribution < 1.29 is 9.53 Å². The van der Waals surface area contributed by atoms with Gasteiger partial charge >= 0.3 is 0 Å². The van der Waals surface area contributed by atoms with Crippen molar-refractivity contribution in [3.63, 3.8) is 0 Å². The van der Waals surface area contributed by atoms with E-state index in [0.717, 1.165) is 56.3 Å². The fraction of sp³-hybridized carbons (Fsp3) is 0.500. The van der Waals surface area contributed by atoms with Gasteiger partial charge in [0.15, 0.2) is 0 Å². The van der Waals surface area contributed by atoms with Crippen LogP contribution < -0.4 is 10.6 Å². The monoisotopic (exact) mass is 397 g/mol. The van der Waals surface area contributed by atoms with Crippen molar-refractivity contribution in [2.75, 3.05) is 50.0 Å². The first kappa shape index (κ1) is 21.2. The maximum Gasteiger partial charge on any atom is 0.274 e. The lowest BCUT2D eigenvalue weighted by Gasteiger charge is -2.26. The van der Waals surface area contributed by atoms with Crippen LogP contribution >= 0.6 is 0 Å². The summed E-state index contributed by atoms with van der Waals surface area (Å²) in [6.45, 7) is 13.3. The summed E-state index contributed by atoms with van der Waals surface area (Å²) >= 11 is 0. The van der Waals surface area contributed by atoms with Crippen LogP contribution in [-0.2, 0) is 10.2 Å². The number of aromatic nitrogens is 2. The number of hydrogen-bond acceptors (Lipinski definition) is 6. The van der Waals surface area contributed by atoms with E-state index in [1.807, 2.05) is 31.2 Å². The summed E-state index contributed by atoms with van der Waals surface area (Å²) in [7, 11) is 0. The second-order valence-corrected chi connectivity index (χ2v) is 8.35. The predicted molar refractivity (Wildman–Crippen MR) is 116 cm³/mol. The Labute approximate surface area is 172 Å². The Bertz CT molecular complexity index is 841. The molecule has 0 spiro atoms. The van der Waals surface area contributed by atoms with Gasteiger partial charge in [-0.3, -0.25) is 9.69 Å². The predicted octanol–water partition coefficient (Wildman–Crippen LogP) is 3.08. The molecule has 1 aliphatic rings. The van der Waals surface area contributed by atoms with Crippen LogP contribution in [0.2, 0.25) is 0 Å². The van der Waals surface area contributed by atoms with Crippen LogP contribution in [-0.4, -0.2) is 60.2 Å². The second-order valence-electron chi connectivity index (χ2n) is 8.35. The maximum atomic E-state index is 12.9. The standard InChI is InChI=1S/C22H31N5O2/c1-16-15-19(20(28)25-18-8-6-5-7-17(18)22(2,3)4)26-21(24-16)23-9-10-27-11-13-29-14-12-27/h5-8,15H,9-14H2,1-4H3,(H,25,28)(H,23,24,26). The lowest BCUT2D eigenvalue weighted by atomic mass is 9.86. The van der Waals surface area contributed by atoms with Gasteiger partial charge in [-0.1, -0.05) is 39.0 Å². The van der Waals surface area contributed by atoms with E-state index < -0.39 is 0 Å². The fourth-order valence-electron chi connectivity index (χ4n) is 3.35. The highest BCUT2D eigenvalue weighted by atomic mass is 16.5. The highest BCUT2D eigenvalue weighted by molar-refractivity contribution is 6.03. The van der Waals surface area contributed by atoms with Crippen LogP contribution in [0.15, 0.2) is 30.3 Å². The third-order valence-corrected chi connectivity index (χ3v) is 4.88. The molecule has 7 heteroatoms. The minimum Gasteiger partial charge on any atom is -0.379 e. The number of rotatable bonds is 6. The minimum absolute atomic E-state index is 0.0718. The molecule has 1 fully saturated rings. The van der Waals surface area contributed by atoms with Crippen LogP contribution in [0.3, 0.4) is 0 Å². The summed E-state index contributed by atoms with van der Waals surface area (Å²) < 4.78 is 5.37. The molecule has 29 heavy (non-hydrogen) atoms. The minimum atomic E-state index is -0.233. The van der Waals surface area contributed by atoms with Gasteiger partial charge in [-0.15, -0.1) is 0 Å². The molecule has 0 aliphatic carbocycles. The lowest BCUT2D eigenvalue weighted by Crippen LogP contribution is -2.39. The molecule has 1 amide bonds. The summed E-state index contributed by atoms with van der Waals surface area (Å²) in [4.78, 5) is 24.0. The number of morpholine rings is 1. The number of carbonyl (C=O) groups excluding carboxylic acids is 1. The molecular weight excluding hydrogens is 366 g/mol. The van der Waals surface area contributed by atoms with Crippen LogP contribution in [0, 0.1) is 6.92 Å². The molecule has 0 bridgehead atoms. The van der Waals surface area contributed by atoms with Crippen LogP contribution in [0.5, 0.6) is 0 Å². The van der Waals surface area contributed by atoms with Gasteiger partial charge in [-0.25, -0.2) is 9.97 Å². The largest absolute Gasteiger partial charge is 0.379 e. The number of anilines is 2. The van der Waals surface area contributed by atoms with Gasteiger partial charge in [-0.05, 0) is 30.0 Å². The van der Waals surface area contributed by atoms with Crippen LogP contribution in [0.1, 0.15) is 42.5 Å². The van der Waals surface area contributed by atoms with Crippen LogP contribution in [0.4, 0.5) is 11.6 Å². The lowest BCUT2D eigenvalue weighted by molar-refractivity contribution is 0.0398. The number of ether oxygens (including phenoxy) is 1. The Balaban J connectivity index is 1.67. The summed E-state index contributed by atoms with van der Waals surface area (Å²) in [6, 6.07) is 9.59. The Hall–Kier alpha value is -2.51. The molecule has 7 nitrogen and oxygen atoms in total. The molecule has 0 radical (unpaired) electrons. The first-order valence-electron chi connectivity index (χ1n) is 10.1. The van der Waals surface area contributed by atoms with E-state index in [0.29, 0.717) is 11.6 Å². The van der Waals surface area contributed by atoms with E-state index in [-0.39, 0.29) is 11.3 Å². The number of amides is 1. The third-order valence-electron chi connectivity index (χ3n) is 4.88. The van der Waals surface area contributed by atoms with Crippen molar-refractivity contribution in [3.05, 3.63) is 47.3 Å². The molecule has 2 aromatic rings. The van der Waals surface area contributed by atoms with Crippen molar-refractivity contribution >= 4 is 17.5 Å². The summed E-state index contributed by atoms with van der Waals surface area (Å²) in [5, 5.41) is 6.26. The fourth-order valence-corrected chi connectivity index (χ4v) is 3.35. The van der Waals surface area contributed by atoms with Gasteiger partial charge in [0, 0.05) is 37.6 Å². The van der Waals surface area contributed by atoms with E-state index in [2.05, 4.69) is 46.3 Å². The van der Waals surface area contributed by atoms with Crippen molar-refractivity contribution in [1.29, 1.82) is 0 Å². The van der Waals surface area contributed by atoms with Crippen molar-refractivity contribution in [2.24, 2.45) is 0 Å². The Kier molecular flexibility index (Phi) is 6.82. The normalized spacial score (nSPS) is 15.2. The second kappa shape index (κ2) is 9.33. The summed E-state index contributed by atoms with van der Waals surface area (Å²) in [5.41, 5.74) is 2.93.